The molecular weight excluding hydrogens is 135 g/mol. The van der Waals surface area contributed by atoms with Crippen LogP contribution in [0.1, 0.15) is 20.3 Å². The van der Waals surface area contributed by atoms with Crippen LogP contribution in [0.25, 0.3) is 0 Å². The van der Waals surface area contributed by atoms with E-state index in [4.69, 9.17) is 0 Å². The number of rotatable bonds is 2. The molecule has 0 amide bonds. The molecule has 36 valence electrons. The van der Waals surface area contributed by atoms with E-state index >= 15 is 0 Å². The van der Waals surface area contributed by atoms with Crippen LogP contribution in [0.2, 0.25) is 5.21 Å². The van der Waals surface area contributed by atoms with E-state index in [1.807, 2.05) is 0 Å². The van der Waals surface area contributed by atoms with Crippen molar-refractivity contribution in [3.8, 4) is 0 Å². The Morgan fingerprint density at radius 3 is 2.00 bits per heavy atom. The molecule has 0 fully saturated rings. The van der Waals surface area contributed by atoms with Gasteiger partial charge in [0.1, 0.15) is 0 Å². The fourth-order valence-electron chi connectivity index (χ4n) is 0.258. The fourth-order valence-corrected chi connectivity index (χ4v) is 1.34. The van der Waals surface area contributed by atoms with E-state index < -0.39 is 0 Å². The Balaban J connectivity index is 2.63. The van der Waals surface area contributed by atoms with Gasteiger partial charge in [-0.05, 0) is 0 Å². The van der Waals surface area contributed by atoms with E-state index in [1.54, 1.807) is 0 Å². The molecule has 0 aromatic rings. The molecule has 0 atom stereocenters. The maximum absolute atomic E-state index is 2.60. The van der Waals surface area contributed by atoms with Crippen LogP contribution < -0.4 is 0 Å². The van der Waals surface area contributed by atoms with Crippen molar-refractivity contribution in [2.24, 2.45) is 5.92 Å². The molecule has 0 aliphatic rings. The Hall–Kier alpha value is 0.558. The standard InChI is InChI=1S/C5H11As/c1-5(2)3-4-6/h5H,3-4H2,1-2H3. The third-order valence-corrected chi connectivity index (χ3v) is 1.25. The van der Waals surface area contributed by atoms with E-state index in [1.165, 1.54) is 11.6 Å². The maximum atomic E-state index is 2.60. The average Bonchev–Trinajstić information content (AvgIpc) is 1.35. The van der Waals surface area contributed by atoms with Gasteiger partial charge in [0.2, 0.25) is 0 Å². The van der Waals surface area contributed by atoms with Gasteiger partial charge in [-0.25, -0.2) is 0 Å². The molecule has 0 rings (SSSR count). The van der Waals surface area contributed by atoms with Gasteiger partial charge in [0, 0.05) is 0 Å². The zero-order valence-corrected chi connectivity index (χ0v) is 6.32. The van der Waals surface area contributed by atoms with Gasteiger partial charge in [0.05, 0.1) is 0 Å². The van der Waals surface area contributed by atoms with E-state index in [2.05, 4.69) is 30.7 Å². The molecule has 0 aliphatic carbocycles. The third-order valence-electron chi connectivity index (χ3n) is 0.706. The molecule has 0 saturated carbocycles. The van der Waals surface area contributed by atoms with E-state index in [0.29, 0.717) is 0 Å². The van der Waals surface area contributed by atoms with Crippen molar-refractivity contribution in [3.05, 3.63) is 0 Å². The molecule has 0 aromatic carbocycles. The molecule has 0 heterocycles. The van der Waals surface area contributed by atoms with E-state index in [9.17, 15) is 0 Å². The Labute approximate surface area is 48.8 Å². The summed E-state index contributed by atoms with van der Waals surface area (Å²) in [5, 5.41) is 1.27. The SMILES string of the molecule is CC(C)CC[As]. The van der Waals surface area contributed by atoms with Crippen molar-refractivity contribution in [1.82, 2.24) is 0 Å². The second kappa shape index (κ2) is 3.74. The molecule has 1 heteroatoms. The van der Waals surface area contributed by atoms with Crippen LogP contribution in [0.15, 0.2) is 0 Å². The average molecular weight is 146 g/mol. The van der Waals surface area contributed by atoms with Gasteiger partial charge >= 0.3 is 48.2 Å². The summed E-state index contributed by atoms with van der Waals surface area (Å²) in [5.74, 6) is 0.883. The molecule has 0 spiro atoms. The Bertz CT molecular complexity index is 25.1. The van der Waals surface area contributed by atoms with Crippen LogP contribution in [0.3, 0.4) is 0 Å². The minimum atomic E-state index is 0.883. The summed E-state index contributed by atoms with van der Waals surface area (Å²) >= 11 is 2.60. The summed E-state index contributed by atoms with van der Waals surface area (Å²) in [5.41, 5.74) is 0. The van der Waals surface area contributed by atoms with Crippen LogP contribution in [-0.4, -0.2) is 16.9 Å². The molecule has 0 unspecified atom stereocenters. The molecular formula is C5H11As. The summed E-state index contributed by atoms with van der Waals surface area (Å²) in [6.07, 6.45) is 1.35. The Morgan fingerprint density at radius 2 is 2.00 bits per heavy atom. The minimum absolute atomic E-state index is 0.883. The van der Waals surface area contributed by atoms with Crippen molar-refractivity contribution in [2.45, 2.75) is 25.5 Å². The molecule has 2 radical (unpaired) electrons. The first kappa shape index (κ1) is 6.56. The van der Waals surface area contributed by atoms with Crippen molar-refractivity contribution < 1.29 is 0 Å². The van der Waals surface area contributed by atoms with Gasteiger partial charge in [-0.3, -0.25) is 0 Å². The first-order chi connectivity index (χ1) is 2.77. The molecule has 0 N–H and O–H groups in total. The van der Waals surface area contributed by atoms with Crippen molar-refractivity contribution in [1.29, 1.82) is 0 Å². The second-order valence-corrected chi connectivity index (χ2v) is 2.84. The summed E-state index contributed by atoms with van der Waals surface area (Å²) in [6.45, 7) is 4.49. The molecule has 0 nitrogen and oxygen atoms in total. The van der Waals surface area contributed by atoms with Crippen molar-refractivity contribution in [3.63, 3.8) is 0 Å². The fraction of sp³-hybridized carbons (Fsp3) is 1.00. The Kier molecular flexibility index (Phi) is 4.09. The molecule has 0 aliphatic heterocycles. The quantitative estimate of drug-likeness (QED) is 0.519. The van der Waals surface area contributed by atoms with Crippen LogP contribution in [-0.2, 0) is 0 Å². The van der Waals surface area contributed by atoms with Crippen LogP contribution in [0.5, 0.6) is 0 Å². The zero-order valence-electron chi connectivity index (χ0n) is 4.44. The summed E-state index contributed by atoms with van der Waals surface area (Å²) in [7, 11) is 0. The first-order valence-electron chi connectivity index (χ1n) is 2.38. The van der Waals surface area contributed by atoms with Crippen molar-refractivity contribution >= 4 is 16.9 Å². The van der Waals surface area contributed by atoms with Crippen LogP contribution in [0.4, 0.5) is 0 Å². The number of hydrogen-bond acceptors (Lipinski definition) is 0. The predicted octanol–water partition coefficient (Wildman–Crippen LogP) is 1.62. The summed E-state index contributed by atoms with van der Waals surface area (Å²) < 4.78 is 0. The summed E-state index contributed by atoms with van der Waals surface area (Å²) in [4.78, 5) is 0. The number of hydrogen-bond donors (Lipinski definition) is 0. The first-order valence-corrected chi connectivity index (χ1v) is 3.71. The van der Waals surface area contributed by atoms with Gasteiger partial charge in [-0.2, -0.15) is 0 Å². The molecule has 0 aromatic heterocycles. The van der Waals surface area contributed by atoms with Gasteiger partial charge in [-0.15, -0.1) is 0 Å². The van der Waals surface area contributed by atoms with Crippen molar-refractivity contribution in [2.75, 3.05) is 0 Å². The normalized spacial score (nSPS) is 10.0. The second-order valence-electron chi connectivity index (χ2n) is 1.91. The predicted molar refractivity (Wildman–Crippen MR) is 30.0 cm³/mol. The molecule has 6 heavy (non-hydrogen) atoms. The Morgan fingerprint density at radius 1 is 1.50 bits per heavy atom. The van der Waals surface area contributed by atoms with Gasteiger partial charge in [-0.1, -0.05) is 0 Å². The van der Waals surface area contributed by atoms with E-state index in [-0.39, 0.29) is 0 Å². The van der Waals surface area contributed by atoms with Gasteiger partial charge in [0.15, 0.2) is 0 Å². The van der Waals surface area contributed by atoms with E-state index in [0.717, 1.165) is 5.92 Å². The van der Waals surface area contributed by atoms with Crippen LogP contribution in [0, 0.1) is 5.92 Å². The molecule has 0 saturated heterocycles. The topological polar surface area (TPSA) is 0 Å². The zero-order chi connectivity index (χ0) is 4.99. The van der Waals surface area contributed by atoms with Gasteiger partial charge < -0.3 is 0 Å². The molecule has 0 bridgehead atoms. The van der Waals surface area contributed by atoms with Gasteiger partial charge in [0.25, 0.3) is 0 Å². The van der Waals surface area contributed by atoms with Crippen LogP contribution >= 0.6 is 0 Å². The summed E-state index contributed by atoms with van der Waals surface area (Å²) in [6, 6.07) is 0. The monoisotopic (exact) mass is 146 g/mol. The third kappa shape index (κ3) is 4.56.